The van der Waals surface area contributed by atoms with Gasteiger partial charge in [-0.25, -0.2) is 0 Å². The summed E-state index contributed by atoms with van der Waals surface area (Å²) in [6.07, 6.45) is 3.64. The summed E-state index contributed by atoms with van der Waals surface area (Å²) in [6, 6.07) is 20.2. The second kappa shape index (κ2) is 8.53. The highest BCUT2D eigenvalue weighted by Crippen LogP contribution is 2.26. The van der Waals surface area contributed by atoms with Crippen LogP contribution in [0.4, 0.5) is 11.6 Å². The Hall–Kier alpha value is -3.72. The number of hydrogen-bond donors (Lipinski definition) is 0. The van der Waals surface area contributed by atoms with E-state index in [0.29, 0.717) is 17.5 Å². The highest BCUT2D eigenvalue weighted by molar-refractivity contribution is 5.70. The minimum atomic E-state index is 0.317. The molecule has 4 rings (SSSR count). The van der Waals surface area contributed by atoms with Crippen LogP contribution in [0.2, 0.25) is 0 Å². The van der Waals surface area contributed by atoms with Crippen LogP contribution in [0.5, 0.6) is 5.75 Å². The van der Waals surface area contributed by atoms with Gasteiger partial charge >= 0.3 is 0 Å². The van der Waals surface area contributed by atoms with Crippen molar-refractivity contribution in [2.75, 3.05) is 43.1 Å². The Labute approximate surface area is 170 Å². The molecule has 0 saturated carbocycles. The zero-order chi connectivity index (χ0) is 20.1. The summed E-state index contributed by atoms with van der Waals surface area (Å²) in [7, 11) is 1.64. The van der Waals surface area contributed by atoms with Crippen LogP contribution in [0.15, 0.2) is 59.0 Å². The zero-order valence-electron chi connectivity index (χ0n) is 16.3. The maximum atomic E-state index is 9.51. The van der Waals surface area contributed by atoms with Gasteiger partial charge in [-0.1, -0.05) is 36.4 Å². The Balaban J connectivity index is 1.49. The first-order chi connectivity index (χ1) is 14.3. The van der Waals surface area contributed by atoms with Crippen LogP contribution < -0.4 is 14.5 Å². The van der Waals surface area contributed by atoms with Gasteiger partial charge in [0.1, 0.15) is 11.8 Å². The first kappa shape index (κ1) is 18.6. The van der Waals surface area contributed by atoms with Crippen molar-refractivity contribution in [3.8, 4) is 11.8 Å². The minimum absolute atomic E-state index is 0.317. The van der Waals surface area contributed by atoms with Crippen molar-refractivity contribution in [1.29, 1.82) is 5.26 Å². The maximum Gasteiger partial charge on any atom is 0.235 e. The number of ether oxygens (including phenoxy) is 1. The lowest BCUT2D eigenvalue weighted by Crippen LogP contribution is -2.46. The molecule has 0 unspecified atom stereocenters. The molecule has 2 aromatic carbocycles. The van der Waals surface area contributed by atoms with E-state index >= 15 is 0 Å². The highest BCUT2D eigenvalue weighted by Gasteiger charge is 2.23. The predicted molar refractivity (Wildman–Crippen MR) is 114 cm³/mol. The van der Waals surface area contributed by atoms with Gasteiger partial charge in [-0.2, -0.15) is 10.2 Å². The number of piperazine rings is 1. The molecular formula is C23H22N4O2. The van der Waals surface area contributed by atoms with Crippen molar-refractivity contribution in [3.63, 3.8) is 0 Å². The number of methoxy groups -OCH3 is 1. The number of nitriles is 1. The average molecular weight is 386 g/mol. The average Bonchev–Trinajstić information content (AvgIpc) is 3.22. The van der Waals surface area contributed by atoms with Gasteiger partial charge in [0.25, 0.3) is 0 Å². The van der Waals surface area contributed by atoms with Crippen LogP contribution in [0.3, 0.4) is 0 Å². The molecule has 6 nitrogen and oxygen atoms in total. The molecule has 0 spiro atoms. The summed E-state index contributed by atoms with van der Waals surface area (Å²) in [4.78, 5) is 8.76. The SMILES string of the molecule is COc1ccccc1/C=C/c1nc(C#N)c(N2CCN(c3ccccc3)CC2)o1. The lowest BCUT2D eigenvalue weighted by atomic mass is 10.2. The van der Waals surface area contributed by atoms with E-state index in [1.807, 2.05) is 48.5 Å². The predicted octanol–water partition coefficient (Wildman–Crippen LogP) is 4.05. The van der Waals surface area contributed by atoms with Crippen molar-refractivity contribution < 1.29 is 9.15 Å². The Bertz CT molecular complexity index is 1030. The molecule has 0 aliphatic carbocycles. The van der Waals surface area contributed by atoms with Gasteiger partial charge in [0.05, 0.1) is 7.11 Å². The minimum Gasteiger partial charge on any atom is -0.496 e. The van der Waals surface area contributed by atoms with E-state index in [1.54, 1.807) is 13.2 Å². The number of para-hydroxylation sites is 2. The molecule has 1 saturated heterocycles. The molecule has 6 heteroatoms. The molecule has 2 heterocycles. The molecule has 146 valence electrons. The Morgan fingerprint density at radius 1 is 0.966 bits per heavy atom. The van der Waals surface area contributed by atoms with E-state index < -0.39 is 0 Å². The van der Waals surface area contributed by atoms with Gasteiger partial charge in [-0.3, -0.25) is 0 Å². The number of anilines is 2. The molecular weight excluding hydrogens is 364 g/mol. The number of rotatable bonds is 5. The van der Waals surface area contributed by atoms with Crippen LogP contribution >= 0.6 is 0 Å². The van der Waals surface area contributed by atoms with E-state index in [2.05, 4.69) is 33.0 Å². The molecule has 0 amide bonds. The van der Waals surface area contributed by atoms with Crippen molar-refractivity contribution in [2.45, 2.75) is 0 Å². The van der Waals surface area contributed by atoms with Crippen LogP contribution in [0.25, 0.3) is 12.2 Å². The fourth-order valence-electron chi connectivity index (χ4n) is 3.46. The summed E-state index contributed by atoms with van der Waals surface area (Å²) >= 11 is 0. The topological polar surface area (TPSA) is 65.5 Å². The summed E-state index contributed by atoms with van der Waals surface area (Å²) in [5, 5.41) is 9.51. The second-order valence-corrected chi connectivity index (χ2v) is 6.70. The molecule has 1 aliphatic rings. The van der Waals surface area contributed by atoms with Crippen molar-refractivity contribution in [3.05, 3.63) is 71.7 Å². The van der Waals surface area contributed by atoms with Crippen LogP contribution in [-0.2, 0) is 0 Å². The largest absolute Gasteiger partial charge is 0.496 e. The molecule has 29 heavy (non-hydrogen) atoms. The van der Waals surface area contributed by atoms with E-state index in [0.717, 1.165) is 37.5 Å². The smallest absolute Gasteiger partial charge is 0.235 e. The van der Waals surface area contributed by atoms with Crippen molar-refractivity contribution in [1.82, 2.24) is 4.98 Å². The lowest BCUT2D eigenvalue weighted by molar-refractivity contribution is 0.414. The Kier molecular flexibility index (Phi) is 5.48. The Morgan fingerprint density at radius 2 is 1.66 bits per heavy atom. The highest BCUT2D eigenvalue weighted by atomic mass is 16.5. The molecule has 1 aliphatic heterocycles. The molecule has 0 N–H and O–H groups in total. The Morgan fingerprint density at radius 3 is 2.38 bits per heavy atom. The number of oxazole rings is 1. The van der Waals surface area contributed by atoms with E-state index in [4.69, 9.17) is 9.15 Å². The second-order valence-electron chi connectivity index (χ2n) is 6.70. The van der Waals surface area contributed by atoms with Crippen LogP contribution in [-0.4, -0.2) is 38.3 Å². The molecule has 3 aromatic rings. The van der Waals surface area contributed by atoms with Gasteiger partial charge in [0.15, 0.2) is 0 Å². The zero-order valence-corrected chi connectivity index (χ0v) is 16.3. The van der Waals surface area contributed by atoms with Gasteiger partial charge in [-0.05, 0) is 24.3 Å². The quantitative estimate of drug-likeness (QED) is 0.659. The molecule has 1 fully saturated rings. The number of aromatic nitrogens is 1. The normalized spacial score (nSPS) is 14.2. The molecule has 0 radical (unpaired) electrons. The van der Waals surface area contributed by atoms with E-state index in [9.17, 15) is 5.26 Å². The van der Waals surface area contributed by atoms with Crippen LogP contribution in [0.1, 0.15) is 17.1 Å². The molecule has 0 bridgehead atoms. The summed E-state index contributed by atoms with van der Waals surface area (Å²) in [5.74, 6) is 1.72. The fourth-order valence-corrected chi connectivity index (χ4v) is 3.46. The van der Waals surface area contributed by atoms with Gasteiger partial charge in [0, 0.05) is 43.5 Å². The third-order valence-electron chi connectivity index (χ3n) is 4.96. The van der Waals surface area contributed by atoms with Gasteiger partial charge < -0.3 is 19.0 Å². The monoisotopic (exact) mass is 386 g/mol. The molecule has 1 aromatic heterocycles. The van der Waals surface area contributed by atoms with Gasteiger partial charge in [0.2, 0.25) is 17.5 Å². The first-order valence-electron chi connectivity index (χ1n) is 9.55. The summed E-state index contributed by atoms with van der Waals surface area (Å²) in [5.41, 5.74) is 2.45. The van der Waals surface area contributed by atoms with Gasteiger partial charge in [-0.15, -0.1) is 0 Å². The van der Waals surface area contributed by atoms with Crippen molar-refractivity contribution in [2.24, 2.45) is 0 Å². The first-order valence-corrected chi connectivity index (χ1v) is 9.55. The molecule has 0 atom stereocenters. The number of nitrogens with zero attached hydrogens (tertiary/aromatic N) is 4. The third kappa shape index (κ3) is 4.09. The standard InChI is InChI=1S/C23H22N4O2/c1-28-21-10-6-5-7-18(21)11-12-22-25-20(17-24)23(29-22)27-15-13-26(14-16-27)19-8-3-2-4-9-19/h2-12H,13-16H2,1H3/b12-11+. The lowest BCUT2D eigenvalue weighted by Gasteiger charge is -2.35. The number of hydrogen-bond acceptors (Lipinski definition) is 6. The maximum absolute atomic E-state index is 9.51. The number of benzene rings is 2. The fraction of sp³-hybridized carbons (Fsp3) is 0.217. The van der Waals surface area contributed by atoms with E-state index in [-0.39, 0.29) is 0 Å². The van der Waals surface area contributed by atoms with Crippen molar-refractivity contribution >= 4 is 23.7 Å². The summed E-state index contributed by atoms with van der Waals surface area (Å²) < 4.78 is 11.3. The summed E-state index contributed by atoms with van der Waals surface area (Å²) in [6.45, 7) is 3.27. The van der Waals surface area contributed by atoms with Crippen LogP contribution in [0, 0.1) is 11.3 Å². The van der Waals surface area contributed by atoms with E-state index in [1.165, 1.54) is 5.69 Å². The third-order valence-corrected chi connectivity index (χ3v) is 4.96.